The van der Waals surface area contributed by atoms with Gasteiger partial charge in [-0.2, -0.15) is 13.2 Å². The standard InChI is InChI=1S/C21H24F3N5O/c1-28-8-10-29(11-9-28)19(30)15-4-6-16(7-5-15)26-20-25-13-17(21(22,23)24)18(27-20)12-14-2-3-14/h4-7,13-14H,2-3,8-12H2,1H3,(H,25,26,27). The monoisotopic (exact) mass is 419 g/mol. The van der Waals surface area contributed by atoms with Gasteiger partial charge in [0.25, 0.3) is 5.91 Å². The van der Waals surface area contributed by atoms with E-state index in [9.17, 15) is 18.0 Å². The minimum atomic E-state index is -4.46. The third kappa shape index (κ3) is 4.89. The Hall–Kier alpha value is -2.68. The number of carbonyl (C=O) groups is 1. The molecule has 2 heterocycles. The molecule has 1 N–H and O–H groups in total. The highest BCUT2D eigenvalue weighted by atomic mass is 19.4. The molecule has 30 heavy (non-hydrogen) atoms. The molecule has 1 saturated carbocycles. The maximum atomic E-state index is 13.2. The van der Waals surface area contributed by atoms with Crippen LogP contribution in [0.3, 0.4) is 0 Å². The molecule has 9 heteroatoms. The Balaban J connectivity index is 1.46. The summed E-state index contributed by atoms with van der Waals surface area (Å²) in [6, 6.07) is 6.84. The number of rotatable bonds is 5. The normalized spacial score (nSPS) is 17.8. The first kappa shape index (κ1) is 20.6. The molecule has 1 amide bonds. The summed E-state index contributed by atoms with van der Waals surface area (Å²) in [5.41, 5.74) is 0.451. The van der Waals surface area contributed by atoms with E-state index >= 15 is 0 Å². The average Bonchev–Trinajstić information content (AvgIpc) is 3.52. The number of amides is 1. The molecule has 1 aromatic heterocycles. The van der Waals surface area contributed by atoms with Gasteiger partial charge >= 0.3 is 6.18 Å². The fourth-order valence-electron chi connectivity index (χ4n) is 3.48. The molecule has 1 aromatic carbocycles. The van der Waals surface area contributed by atoms with Crippen LogP contribution in [0, 0.1) is 5.92 Å². The van der Waals surface area contributed by atoms with Gasteiger partial charge in [0.2, 0.25) is 5.95 Å². The molecule has 0 spiro atoms. The summed E-state index contributed by atoms with van der Waals surface area (Å²) in [5, 5.41) is 2.95. The predicted molar refractivity (Wildman–Crippen MR) is 107 cm³/mol. The minimum absolute atomic E-state index is 0.0212. The second-order valence-electron chi connectivity index (χ2n) is 8.00. The molecule has 0 radical (unpaired) electrons. The number of nitrogens with zero attached hydrogens (tertiary/aromatic N) is 4. The van der Waals surface area contributed by atoms with E-state index in [4.69, 9.17) is 0 Å². The van der Waals surface area contributed by atoms with Crippen LogP contribution in [-0.2, 0) is 12.6 Å². The molecule has 6 nitrogen and oxygen atoms in total. The van der Waals surface area contributed by atoms with Gasteiger partial charge < -0.3 is 15.1 Å². The molecular weight excluding hydrogens is 395 g/mol. The summed E-state index contributed by atoms with van der Waals surface area (Å²) >= 11 is 0. The van der Waals surface area contributed by atoms with Gasteiger partial charge in [-0.15, -0.1) is 0 Å². The molecule has 0 bridgehead atoms. The van der Waals surface area contributed by atoms with Crippen LogP contribution in [0.25, 0.3) is 0 Å². The Morgan fingerprint density at radius 2 is 1.80 bits per heavy atom. The van der Waals surface area contributed by atoms with Crippen molar-refractivity contribution in [3.8, 4) is 0 Å². The van der Waals surface area contributed by atoms with Crippen LogP contribution in [0.2, 0.25) is 0 Å². The van der Waals surface area contributed by atoms with Crippen molar-refractivity contribution in [3.05, 3.63) is 47.3 Å². The fraction of sp³-hybridized carbons (Fsp3) is 0.476. The van der Waals surface area contributed by atoms with Gasteiger partial charge in [-0.1, -0.05) is 0 Å². The lowest BCUT2D eigenvalue weighted by Gasteiger charge is -2.32. The lowest BCUT2D eigenvalue weighted by molar-refractivity contribution is -0.138. The topological polar surface area (TPSA) is 61.4 Å². The van der Waals surface area contributed by atoms with Crippen LogP contribution in [0.1, 0.15) is 34.5 Å². The molecule has 1 saturated heterocycles. The Labute approximate surface area is 173 Å². The number of carbonyl (C=O) groups excluding carboxylic acids is 1. The highest BCUT2D eigenvalue weighted by Gasteiger charge is 2.36. The Kier molecular flexibility index (Phi) is 5.64. The van der Waals surface area contributed by atoms with Crippen molar-refractivity contribution in [2.75, 3.05) is 38.5 Å². The smallest absolute Gasteiger partial charge is 0.336 e. The Morgan fingerprint density at radius 1 is 1.13 bits per heavy atom. The van der Waals surface area contributed by atoms with E-state index in [0.717, 1.165) is 32.1 Å². The lowest BCUT2D eigenvalue weighted by atomic mass is 10.1. The van der Waals surface area contributed by atoms with Gasteiger partial charge in [0, 0.05) is 43.6 Å². The number of piperazine rings is 1. The zero-order valence-electron chi connectivity index (χ0n) is 16.7. The fourth-order valence-corrected chi connectivity index (χ4v) is 3.48. The van der Waals surface area contributed by atoms with E-state index in [1.807, 2.05) is 11.9 Å². The number of halogens is 3. The highest BCUT2D eigenvalue weighted by Crippen LogP contribution is 2.37. The summed E-state index contributed by atoms with van der Waals surface area (Å²) in [7, 11) is 2.03. The number of hydrogen-bond donors (Lipinski definition) is 1. The minimum Gasteiger partial charge on any atom is -0.336 e. The average molecular weight is 419 g/mol. The Bertz CT molecular complexity index is 904. The second-order valence-corrected chi connectivity index (χ2v) is 8.00. The number of aromatic nitrogens is 2. The van der Waals surface area contributed by atoms with Gasteiger partial charge in [0.05, 0.1) is 11.3 Å². The molecule has 160 valence electrons. The molecule has 4 rings (SSSR count). The van der Waals surface area contributed by atoms with Gasteiger partial charge in [0.1, 0.15) is 0 Å². The van der Waals surface area contributed by atoms with Crippen LogP contribution < -0.4 is 5.32 Å². The number of nitrogens with one attached hydrogen (secondary N) is 1. The molecule has 1 aliphatic carbocycles. The zero-order valence-corrected chi connectivity index (χ0v) is 16.7. The number of likely N-dealkylation sites (N-methyl/N-ethyl adjacent to an activating group) is 1. The van der Waals surface area contributed by atoms with E-state index in [0.29, 0.717) is 30.8 Å². The first-order chi connectivity index (χ1) is 14.3. The molecule has 1 aliphatic heterocycles. The van der Waals surface area contributed by atoms with E-state index in [1.165, 1.54) is 0 Å². The molecule has 2 fully saturated rings. The predicted octanol–water partition coefficient (Wildman–Crippen LogP) is 3.58. The van der Waals surface area contributed by atoms with Crippen molar-refractivity contribution in [2.24, 2.45) is 5.92 Å². The third-order valence-electron chi connectivity index (χ3n) is 5.53. The van der Waals surface area contributed by atoms with Crippen molar-refractivity contribution < 1.29 is 18.0 Å². The molecule has 0 unspecified atom stereocenters. The van der Waals surface area contributed by atoms with E-state index in [1.54, 1.807) is 24.3 Å². The lowest BCUT2D eigenvalue weighted by Crippen LogP contribution is -2.47. The van der Waals surface area contributed by atoms with Crippen molar-refractivity contribution >= 4 is 17.5 Å². The number of anilines is 2. The van der Waals surface area contributed by atoms with Crippen molar-refractivity contribution in [3.63, 3.8) is 0 Å². The maximum absolute atomic E-state index is 13.2. The summed E-state index contributed by atoms with van der Waals surface area (Å²) in [4.78, 5) is 24.6. The summed E-state index contributed by atoms with van der Waals surface area (Å²) < 4.78 is 39.7. The summed E-state index contributed by atoms with van der Waals surface area (Å²) in [5.74, 6) is 0.373. The van der Waals surface area contributed by atoms with E-state index in [-0.39, 0.29) is 23.5 Å². The zero-order chi connectivity index (χ0) is 21.3. The second kappa shape index (κ2) is 8.22. The van der Waals surface area contributed by atoms with Crippen LogP contribution in [0.4, 0.5) is 24.8 Å². The molecular formula is C21H24F3N5O. The van der Waals surface area contributed by atoms with Crippen LogP contribution in [0.15, 0.2) is 30.5 Å². The third-order valence-corrected chi connectivity index (χ3v) is 5.53. The maximum Gasteiger partial charge on any atom is 0.419 e. The molecule has 2 aromatic rings. The van der Waals surface area contributed by atoms with Crippen molar-refractivity contribution in [1.29, 1.82) is 0 Å². The van der Waals surface area contributed by atoms with Crippen LogP contribution in [-0.4, -0.2) is 58.9 Å². The van der Waals surface area contributed by atoms with Gasteiger partial charge in [-0.25, -0.2) is 9.97 Å². The molecule has 2 aliphatic rings. The SMILES string of the molecule is CN1CCN(C(=O)c2ccc(Nc3ncc(C(F)(F)F)c(CC4CC4)n3)cc2)CC1. The summed E-state index contributed by atoms with van der Waals surface area (Å²) in [6.45, 7) is 3.08. The van der Waals surface area contributed by atoms with Gasteiger partial charge in [0.15, 0.2) is 0 Å². The number of benzene rings is 1. The number of alkyl halides is 3. The summed E-state index contributed by atoms with van der Waals surface area (Å²) in [6.07, 6.45) is -1.43. The largest absolute Gasteiger partial charge is 0.419 e. The van der Waals surface area contributed by atoms with Crippen LogP contribution in [0.5, 0.6) is 0 Å². The first-order valence-electron chi connectivity index (χ1n) is 10.1. The quantitative estimate of drug-likeness (QED) is 0.803. The van der Waals surface area contributed by atoms with Gasteiger partial charge in [-0.05, 0) is 56.5 Å². The number of hydrogen-bond acceptors (Lipinski definition) is 5. The van der Waals surface area contributed by atoms with Crippen LogP contribution >= 0.6 is 0 Å². The van der Waals surface area contributed by atoms with Crippen molar-refractivity contribution in [1.82, 2.24) is 19.8 Å². The van der Waals surface area contributed by atoms with Gasteiger partial charge in [-0.3, -0.25) is 4.79 Å². The van der Waals surface area contributed by atoms with E-state index < -0.39 is 11.7 Å². The molecule has 0 atom stereocenters. The van der Waals surface area contributed by atoms with E-state index in [2.05, 4.69) is 20.2 Å². The Morgan fingerprint density at radius 3 is 2.40 bits per heavy atom. The highest BCUT2D eigenvalue weighted by molar-refractivity contribution is 5.94. The van der Waals surface area contributed by atoms with Crippen molar-refractivity contribution in [2.45, 2.75) is 25.4 Å². The first-order valence-corrected chi connectivity index (χ1v) is 10.1.